The van der Waals surface area contributed by atoms with Gasteiger partial charge in [-0.2, -0.15) is 8.42 Å². The van der Waals surface area contributed by atoms with E-state index in [1.165, 1.54) is 12.5 Å². The normalized spacial score (nSPS) is 10.8. The van der Waals surface area contributed by atoms with Crippen LogP contribution in [0.5, 0.6) is 0 Å². The monoisotopic (exact) mass is 305 g/mol. The van der Waals surface area contributed by atoms with Crippen LogP contribution >= 0.6 is 0 Å². The van der Waals surface area contributed by atoms with E-state index in [0.717, 1.165) is 5.56 Å². The molecule has 0 aliphatic carbocycles. The molecule has 0 saturated heterocycles. The fourth-order valence-electron chi connectivity index (χ4n) is 1.71. The maximum Gasteiger partial charge on any atom is 0.280 e. The number of nitrogens with zero attached hydrogens (tertiary/aromatic N) is 2. The van der Waals surface area contributed by atoms with Crippen LogP contribution in [0.15, 0.2) is 35.7 Å². The average Bonchev–Trinajstić information content (AvgIpc) is 2.86. The van der Waals surface area contributed by atoms with Gasteiger partial charge in [0, 0.05) is 18.8 Å². The van der Waals surface area contributed by atoms with Crippen LogP contribution in [-0.2, 0) is 17.1 Å². The van der Waals surface area contributed by atoms with E-state index in [0.29, 0.717) is 11.3 Å². The van der Waals surface area contributed by atoms with E-state index >= 15 is 0 Å². The molecule has 1 aromatic carbocycles. The molecule has 0 fully saturated rings. The molecule has 0 spiro atoms. The maximum atomic E-state index is 12.2. The molecule has 0 saturated carbocycles. The summed E-state index contributed by atoms with van der Waals surface area (Å²) in [5.41, 5.74) is 1.80. The van der Waals surface area contributed by atoms with Crippen LogP contribution in [-0.4, -0.2) is 29.7 Å². The standard InChI is InChI=1S/C14H15N3O3S/c1-11-5-6-13(12(8-11)4-3-7-18)16-21(19,20)14-9-17(2)10-15-14/h5-6,8-10,16,18H,7H2,1-2H3. The van der Waals surface area contributed by atoms with Gasteiger partial charge in [0.2, 0.25) is 0 Å². The molecular weight excluding hydrogens is 290 g/mol. The van der Waals surface area contributed by atoms with E-state index in [9.17, 15) is 8.42 Å². The Morgan fingerprint density at radius 3 is 2.81 bits per heavy atom. The van der Waals surface area contributed by atoms with Gasteiger partial charge < -0.3 is 9.67 Å². The number of aliphatic hydroxyl groups is 1. The first kappa shape index (κ1) is 15.1. The molecule has 0 radical (unpaired) electrons. The number of aliphatic hydroxyl groups excluding tert-OH is 1. The number of imidazole rings is 1. The number of aryl methyl sites for hydroxylation is 2. The molecule has 0 aliphatic heterocycles. The Labute approximate surface area is 123 Å². The number of hydrogen-bond acceptors (Lipinski definition) is 4. The molecule has 0 amide bonds. The zero-order valence-electron chi connectivity index (χ0n) is 11.7. The molecule has 7 heteroatoms. The molecule has 0 bridgehead atoms. The zero-order valence-corrected chi connectivity index (χ0v) is 12.5. The van der Waals surface area contributed by atoms with Crippen LogP contribution < -0.4 is 4.72 Å². The van der Waals surface area contributed by atoms with Crippen molar-refractivity contribution < 1.29 is 13.5 Å². The highest BCUT2D eigenvalue weighted by Crippen LogP contribution is 2.20. The van der Waals surface area contributed by atoms with Crippen LogP contribution in [0.2, 0.25) is 0 Å². The first-order valence-corrected chi connectivity index (χ1v) is 7.62. The quantitative estimate of drug-likeness (QED) is 0.824. The second kappa shape index (κ2) is 5.99. The molecule has 6 nitrogen and oxygen atoms in total. The summed E-state index contributed by atoms with van der Waals surface area (Å²) < 4.78 is 28.5. The van der Waals surface area contributed by atoms with Crippen molar-refractivity contribution in [1.82, 2.24) is 9.55 Å². The predicted octanol–water partition coefficient (Wildman–Crippen LogP) is 0.873. The van der Waals surface area contributed by atoms with Crippen LogP contribution in [0, 0.1) is 18.8 Å². The summed E-state index contributed by atoms with van der Waals surface area (Å²) in [5, 5.41) is 8.71. The van der Waals surface area contributed by atoms with E-state index in [2.05, 4.69) is 21.5 Å². The highest BCUT2D eigenvalue weighted by atomic mass is 32.2. The molecule has 21 heavy (non-hydrogen) atoms. The van der Waals surface area contributed by atoms with E-state index in [4.69, 9.17) is 5.11 Å². The lowest BCUT2D eigenvalue weighted by molar-refractivity contribution is 0.350. The van der Waals surface area contributed by atoms with Gasteiger partial charge >= 0.3 is 0 Å². The van der Waals surface area contributed by atoms with Crippen LogP contribution in [0.1, 0.15) is 11.1 Å². The van der Waals surface area contributed by atoms with Crippen LogP contribution in [0.25, 0.3) is 0 Å². The van der Waals surface area contributed by atoms with Crippen molar-refractivity contribution in [2.75, 3.05) is 11.3 Å². The minimum Gasteiger partial charge on any atom is -0.384 e. The number of aromatic nitrogens is 2. The third kappa shape index (κ3) is 3.62. The summed E-state index contributed by atoms with van der Waals surface area (Å²) in [7, 11) is -2.07. The van der Waals surface area contributed by atoms with Gasteiger partial charge in [-0.15, -0.1) is 0 Å². The number of anilines is 1. The molecule has 1 heterocycles. The van der Waals surface area contributed by atoms with Gasteiger partial charge in [0.25, 0.3) is 10.0 Å². The Hall–Kier alpha value is -2.30. The Morgan fingerprint density at radius 2 is 2.19 bits per heavy atom. The van der Waals surface area contributed by atoms with Crippen molar-refractivity contribution in [3.63, 3.8) is 0 Å². The zero-order chi connectivity index (χ0) is 15.5. The van der Waals surface area contributed by atoms with Gasteiger partial charge in [0.1, 0.15) is 6.61 Å². The van der Waals surface area contributed by atoms with E-state index in [1.54, 1.807) is 29.8 Å². The molecule has 0 atom stereocenters. The average molecular weight is 305 g/mol. The molecule has 0 unspecified atom stereocenters. The fraction of sp³-hybridized carbons (Fsp3) is 0.214. The van der Waals surface area contributed by atoms with E-state index < -0.39 is 10.0 Å². The van der Waals surface area contributed by atoms with Gasteiger partial charge in [-0.25, -0.2) is 4.98 Å². The van der Waals surface area contributed by atoms with E-state index in [1.807, 2.05) is 6.92 Å². The number of sulfonamides is 1. The second-order valence-corrected chi connectivity index (χ2v) is 6.12. The molecule has 2 rings (SSSR count). The Bertz CT molecular complexity index is 813. The summed E-state index contributed by atoms with van der Waals surface area (Å²) >= 11 is 0. The van der Waals surface area contributed by atoms with Gasteiger partial charge in [-0.1, -0.05) is 17.9 Å². The molecular formula is C14H15N3O3S. The molecule has 0 aliphatic rings. The Balaban J connectivity index is 2.39. The van der Waals surface area contributed by atoms with Gasteiger partial charge in [-0.05, 0) is 24.6 Å². The Morgan fingerprint density at radius 1 is 1.43 bits per heavy atom. The van der Waals surface area contributed by atoms with Gasteiger partial charge in [-0.3, -0.25) is 4.72 Å². The molecule has 2 aromatic rings. The minimum atomic E-state index is -3.77. The highest BCUT2D eigenvalue weighted by molar-refractivity contribution is 7.92. The van der Waals surface area contributed by atoms with Crippen molar-refractivity contribution in [2.24, 2.45) is 7.05 Å². The van der Waals surface area contributed by atoms with Gasteiger partial charge in [0.05, 0.1) is 12.0 Å². The lowest BCUT2D eigenvalue weighted by Crippen LogP contribution is -2.14. The number of benzene rings is 1. The fourth-order valence-corrected chi connectivity index (χ4v) is 2.77. The topological polar surface area (TPSA) is 84.2 Å². The summed E-state index contributed by atoms with van der Waals surface area (Å²) in [6.45, 7) is 1.58. The van der Waals surface area contributed by atoms with Crippen molar-refractivity contribution in [3.05, 3.63) is 41.9 Å². The third-order valence-electron chi connectivity index (χ3n) is 2.68. The van der Waals surface area contributed by atoms with Crippen molar-refractivity contribution >= 4 is 15.7 Å². The Kier molecular flexibility index (Phi) is 4.31. The van der Waals surface area contributed by atoms with E-state index in [-0.39, 0.29) is 11.6 Å². The lowest BCUT2D eigenvalue weighted by Gasteiger charge is -2.09. The first-order chi connectivity index (χ1) is 9.92. The number of rotatable bonds is 3. The summed E-state index contributed by atoms with van der Waals surface area (Å²) in [6.07, 6.45) is 2.83. The maximum absolute atomic E-state index is 12.2. The predicted molar refractivity (Wildman–Crippen MR) is 79.2 cm³/mol. The third-order valence-corrected chi connectivity index (χ3v) is 3.93. The number of nitrogens with one attached hydrogen (secondary N) is 1. The minimum absolute atomic E-state index is 0.0633. The SMILES string of the molecule is Cc1ccc(NS(=O)(=O)c2cn(C)cn2)c(C#CCO)c1. The van der Waals surface area contributed by atoms with Crippen LogP contribution in [0.4, 0.5) is 5.69 Å². The summed E-state index contributed by atoms with van der Waals surface area (Å²) in [6, 6.07) is 5.16. The van der Waals surface area contributed by atoms with Crippen LogP contribution in [0.3, 0.4) is 0 Å². The molecule has 110 valence electrons. The number of hydrogen-bond donors (Lipinski definition) is 2. The molecule has 1 aromatic heterocycles. The molecule has 2 N–H and O–H groups in total. The smallest absolute Gasteiger partial charge is 0.280 e. The highest BCUT2D eigenvalue weighted by Gasteiger charge is 2.18. The van der Waals surface area contributed by atoms with Crippen molar-refractivity contribution in [3.8, 4) is 11.8 Å². The van der Waals surface area contributed by atoms with Gasteiger partial charge in [0.15, 0.2) is 5.03 Å². The lowest BCUT2D eigenvalue weighted by atomic mass is 10.1. The van der Waals surface area contributed by atoms with Crippen molar-refractivity contribution in [1.29, 1.82) is 0 Å². The second-order valence-electron chi connectivity index (χ2n) is 4.49. The first-order valence-electron chi connectivity index (χ1n) is 6.13. The summed E-state index contributed by atoms with van der Waals surface area (Å²) in [5.74, 6) is 5.24. The summed E-state index contributed by atoms with van der Waals surface area (Å²) in [4.78, 5) is 3.83. The largest absolute Gasteiger partial charge is 0.384 e. The van der Waals surface area contributed by atoms with Crippen molar-refractivity contribution in [2.45, 2.75) is 11.9 Å².